The Morgan fingerprint density at radius 1 is 1.25 bits per heavy atom. The van der Waals surface area contributed by atoms with E-state index in [4.69, 9.17) is 4.74 Å². The number of benzene rings is 1. The van der Waals surface area contributed by atoms with Crippen LogP contribution in [0.4, 0.5) is 0 Å². The fourth-order valence-electron chi connectivity index (χ4n) is 2.55. The summed E-state index contributed by atoms with van der Waals surface area (Å²) in [6.07, 6.45) is 4.39. The number of rotatable bonds is 4. The normalized spacial score (nSPS) is 18.9. The Bertz CT molecular complexity index is 543. The second kappa shape index (κ2) is 6.05. The molecule has 0 saturated carbocycles. The van der Waals surface area contributed by atoms with Crippen LogP contribution in [0.1, 0.15) is 42.5 Å². The molecule has 5 nitrogen and oxygen atoms in total. The highest BCUT2D eigenvalue weighted by Crippen LogP contribution is 2.20. The maximum atomic E-state index is 5.16. The van der Waals surface area contributed by atoms with Crippen LogP contribution in [0.25, 0.3) is 0 Å². The van der Waals surface area contributed by atoms with Crippen LogP contribution in [0, 0.1) is 0 Å². The number of nitrogens with one attached hydrogen (secondary N) is 2. The van der Waals surface area contributed by atoms with E-state index < -0.39 is 0 Å². The molecule has 106 valence electrons. The third-order valence-electron chi connectivity index (χ3n) is 3.70. The minimum Gasteiger partial charge on any atom is -0.497 e. The summed E-state index contributed by atoms with van der Waals surface area (Å²) >= 11 is 0. The highest BCUT2D eigenvalue weighted by molar-refractivity contribution is 5.28. The molecular formula is C15H20N4O. The Morgan fingerprint density at radius 3 is 2.80 bits per heavy atom. The van der Waals surface area contributed by atoms with Crippen LogP contribution in [0.3, 0.4) is 0 Å². The van der Waals surface area contributed by atoms with Gasteiger partial charge in [-0.25, -0.2) is 4.98 Å². The van der Waals surface area contributed by atoms with Gasteiger partial charge in [-0.1, -0.05) is 18.6 Å². The van der Waals surface area contributed by atoms with Crippen LogP contribution in [-0.4, -0.2) is 28.8 Å². The van der Waals surface area contributed by atoms with Gasteiger partial charge in [-0.2, -0.15) is 5.10 Å². The molecule has 1 aliphatic rings. The lowest BCUT2D eigenvalue weighted by molar-refractivity contribution is 0.398. The van der Waals surface area contributed by atoms with Crippen molar-refractivity contribution < 1.29 is 4.74 Å². The smallest absolute Gasteiger partial charge is 0.167 e. The quantitative estimate of drug-likeness (QED) is 0.896. The molecule has 0 spiro atoms. The van der Waals surface area contributed by atoms with E-state index >= 15 is 0 Å². The molecule has 1 fully saturated rings. The average molecular weight is 272 g/mol. The van der Waals surface area contributed by atoms with E-state index in [-0.39, 0.29) is 0 Å². The minimum absolute atomic E-state index is 0.310. The van der Waals surface area contributed by atoms with Crippen molar-refractivity contribution in [1.82, 2.24) is 20.5 Å². The van der Waals surface area contributed by atoms with E-state index in [9.17, 15) is 0 Å². The number of ether oxygens (including phenoxy) is 1. The Hall–Kier alpha value is -1.88. The number of aromatic amines is 1. The highest BCUT2D eigenvalue weighted by Gasteiger charge is 2.18. The second-order valence-electron chi connectivity index (χ2n) is 5.17. The predicted octanol–water partition coefficient (Wildman–Crippen LogP) is 2.22. The maximum absolute atomic E-state index is 5.16. The lowest BCUT2D eigenvalue weighted by atomic mass is 10.0. The highest BCUT2D eigenvalue weighted by atomic mass is 16.5. The Labute approximate surface area is 118 Å². The van der Waals surface area contributed by atoms with Crippen molar-refractivity contribution in [3.8, 4) is 5.75 Å². The zero-order chi connectivity index (χ0) is 13.8. The van der Waals surface area contributed by atoms with E-state index in [0.29, 0.717) is 6.04 Å². The van der Waals surface area contributed by atoms with Crippen molar-refractivity contribution in [2.24, 2.45) is 0 Å². The van der Waals surface area contributed by atoms with Gasteiger partial charge in [0.15, 0.2) is 5.82 Å². The number of methoxy groups -OCH3 is 1. The zero-order valence-electron chi connectivity index (χ0n) is 11.7. The monoisotopic (exact) mass is 272 g/mol. The van der Waals surface area contributed by atoms with Crippen LogP contribution in [-0.2, 0) is 6.42 Å². The molecule has 3 rings (SSSR count). The molecule has 2 heterocycles. The molecule has 0 radical (unpaired) electrons. The minimum atomic E-state index is 0.310. The topological polar surface area (TPSA) is 62.8 Å². The van der Waals surface area contributed by atoms with Crippen molar-refractivity contribution >= 4 is 0 Å². The van der Waals surface area contributed by atoms with Gasteiger partial charge in [0.25, 0.3) is 0 Å². The van der Waals surface area contributed by atoms with E-state index in [2.05, 4.69) is 32.6 Å². The number of hydrogen-bond acceptors (Lipinski definition) is 4. The first-order chi connectivity index (χ1) is 9.85. The number of aromatic nitrogens is 3. The van der Waals surface area contributed by atoms with Crippen molar-refractivity contribution in [3.05, 3.63) is 41.5 Å². The van der Waals surface area contributed by atoms with Crippen LogP contribution in [0.15, 0.2) is 24.3 Å². The van der Waals surface area contributed by atoms with Gasteiger partial charge in [-0.15, -0.1) is 0 Å². The van der Waals surface area contributed by atoms with Crippen molar-refractivity contribution in [2.45, 2.75) is 31.7 Å². The maximum Gasteiger partial charge on any atom is 0.167 e. The predicted molar refractivity (Wildman–Crippen MR) is 76.8 cm³/mol. The molecule has 1 aliphatic heterocycles. The molecule has 20 heavy (non-hydrogen) atoms. The van der Waals surface area contributed by atoms with Gasteiger partial charge in [0.2, 0.25) is 0 Å². The van der Waals surface area contributed by atoms with Gasteiger partial charge in [0, 0.05) is 6.42 Å². The van der Waals surface area contributed by atoms with Crippen LogP contribution in [0.2, 0.25) is 0 Å². The number of nitrogens with zero attached hydrogens (tertiary/aromatic N) is 2. The first-order valence-electron chi connectivity index (χ1n) is 7.12. The first-order valence-corrected chi connectivity index (χ1v) is 7.12. The zero-order valence-corrected chi connectivity index (χ0v) is 11.7. The van der Waals surface area contributed by atoms with Gasteiger partial charge < -0.3 is 10.1 Å². The lowest BCUT2D eigenvalue weighted by Gasteiger charge is -2.20. The van der Waals surface area contributed by atoms with Crippen LogP contribution < -0.4 is 10.1 Å². The molecule has 0 bridgehead atoms. The van der Waals surface area contributed by atoms with E-state index in [0.717, 1.165) is 36.8 Å². The molecule has 0 amide bonds. The molecule has 1 atom stereocenters. The Morgan fingerprint density at radius 2 is 2.10 bits per heavy atom. The molecule has 2 N–H and O–H groups in total. The van der Waals surface area contributed by atoms with Gasteiger partial charge in [-0.3, -0.25) is 5.10 Å². The van der Waals surface area contributed by atoms with Crippen LogP contribution >= 0.6 is 0 Å². The van der Waals surface area contributed by atoms with Crippen LogP contribution in [0.5, 0.6) is 5.75 Å². The number of hydrogen-bond donors (Lipinski definition) is 2. The van der Waals surface area contributed by atoms with Crippen molar-refractivity contribution in [1.29, 1.82) is 0 Å². The summed E-state index contributed by atoms with van der Waals surface area (Å²) < 4.78 is 5.16. The van der Waals surface area contributed by atoms with Gasteiger partial charge >= 0.3 is 0 Å². The van der Waals surface area contributed by atoms with Gasteiger partial charge in [0.05, 0.1) is 13.2 Å². The van der Waals surface area contributed by atoms with Gasteiger partial charge in [0.1, 0.15) is 11.6 Å². The summed E-state index contributed by atoms with van der Waals surface area (Å²) in [4.78, 5) is 4.61. The van der Waals surface area contributed by atoms with E-state index in [1.807, 2.05) is 12.1 Å². The summed E-state index contributed by atoms with van der Waals surface area (Å²) in [6.45, 7) is 1.06. The Kier molecular flexibility index (Phi) is 3.97. The molecule has 2 aromatic rings. The fraction of sp³-hybridized carbons (Fsp3) is 0.467. The standard InChI is InChI=1S/C15H20N4O/c1-20-12-7-5-11(6-8-12)10-14-17-15(19-18-14)13-4-2-3-9-16-13/h5-8,13,16H,2-4,9-10H2,1H3,(H,17,18,19). The summed E-state index contributed by atoms with van der Waals surface area (Å²) in [6, 6.07) is 8.36. The third kappa shape index (κ3) is 2.99. The lowest BCUT2D eigenvalue weighted by Crippen LogP contribution is -2.27. The third-order valence-corrected chi connectivity index (χ3v) is 3.70. The van der Waals surface area contributed by atoms with E-state index in [1.165, 1.54) is 18.4 Å². The molecule has 1 saturated heterocycles. The van der Waals surface area contributed by atoms with Crippen molar-refractivity contribution in [2.75, 3.05) is 13.7 Å². The molecule has 1 aromatic heterocycles. The summed E-state index contributed by atoms with van der Waals surface area (Å²) in [7, 11) is 1.68. The average Bonchev–Trinajstić information content (AvgIpc) is 2.97. The molecular weight excluding hydrogens is 252 g/mol. The fourth-order valence-corrected chi connectivity index (χ4v) is 2.55. The van der Waals surface area contributed by atoms with Crippen molar-refractivity contribution in [3.63, 3.8) is 0 Å². The molecule has 1 unspecified atom stereocenters. The first kappa shape index (κ1) is 13.1. The number of piperidine rings is 1. The largest absolute Gasteiger partial charge is 0.497 e. The SMILES string of the molecule is COc1ccc(Cc2nc(C3CCCCN3)n[nH]2)cc1. The molecule has 0 aliphatic carbocycles. The summed E-state index contributed by atoms with van der Waals surface area (Å²) in [5, 5.41) is 10.9. The van der Waals surface area contributed by atoms with Gasteiger partial charge in [-0.05, 0) is 37.1 Å². The molecule has 1 aromatic carbocycles. The Balaban J connectivity index is 1.66. The number of H-pyrrole nitrogens is 1. The molecule has 5 heteroatoms. The van der Waals surface area contributed by atoms with E-state index in [1.54, 1.807) is 7.11 Å². The summed E-state index contributed by atoms with van der Waals surface area (Å²) in [5.41, 5.74) is 1.20. The summed E-state index contributed by atoms with van der Waals surface area (Å²) in [5.74, 6) is 2.68. The second-order valence-corrected chi connectivity index (χ2v) is 5.17.